The van der Waals surface area contributed by atoms with Crippen LogP contribution in [0.1, 0.15) is 52.4 Å². The first-order chi connectivity index (χ1) is 9.13. The van der Waals surface area contributed by atoms with Gasteiger partial charge in [0.1, 0.15) is 25.3 Å². The van der Waals surface area contributed by atoms with Crippen LogP contribution in [0.4, 0.5) is 0 Å². The van der Waals surface area contributed by atoms with Crippen LogP contribution in [0.5, 0.6) is 0 Å². The number of hydrogen-bond acceptors (Lipinski definition) is 2. The van der Waals surface area contributed by atoms with Crippen LogP contribution in [-0.4, -0.2) is 43.8 Å². The summed E-state index contributed by atoms with van der Waals surface area (Å²) in [6.07, 6.45) is 8.06. The number of carbonyl (C=O) groups excluding carboxylic acids is 1. The zero-order valence-corrected chi connectivity index (χ0v) is 12.4. The van der Waals surface area contributed by atoms with Gasteiger partial charge in [-0.1, -0.05) is 25.7 Å². The maximum absolute atomic E-state index is 12.1. The molecule has 2 rings (SSSR count). The van der Waals surface area contributed by atoms with Crippen LogP contribution in [0.3, 0.4) is 0 Å². The second kappa shape index (κ2) is 7.25. The number of rotatable bonds is 3. The number of carbonyl (C=O) groups is 1. The van der Waals surface area contributed by atoms with Gasteiger partial charge in [-0.2, -0.15) is 0 Å². The zero-order valence-electron chi connectivity index (χ0n) is 12.4. The minimum atomic E-state index is 0.225. The second-order valence-corrected chi connectivity index (χ2v) is 6.35. The first-order valence-corrected chi connectivity index (χ1v) is 7.92. The Kier molecular flexibility index (Phi) is 5.64. The van der Waals surface area contributed by atoms with Crippen LogP contribution in [0, 0.1) is 0 Å². The predicted octanol–water partition coefficient (Wildman–Crippen LogP) is 0.518. The fourth-order valence-electron chi connectivity index (χ4n) is 3.46. The normalized spacial score (nSPS) is 33.7. The highest BCUT2D eigenvalue weighted by Crippen LogP contribution is 2.16. The molecular weight excluding hydrogens is 240 g/mol. The van der Waals surface area contributed by atoms with Crippen LogP contribution in [0.2, 0.25) is 0 Å². The van der Waals surface area contributed by atoms with Crippen molar-refractivity contribution in [2.75, 3.05) is 19.6 Å². The number of ether oxygens (including phenoxy) is 1. The van der Waals surface area contributed by atoms with E-state index in [1.165, 1.54) is 30.6 Å². The minimum Gasteiger partial charge on any atom is -0.364 e. The molecule has 19 heavy (non-hydrogen) atoms. The molecule has 0 aromatic carbocycles. The van der Waals surface area contributed by atoms with E-state index in [0.29, 0.717) is 12.6 Å². The van der Waals surface area contributed by atoms with Crippen molar-refractivity contribution in [1.82, 2.24) is 5.32 Å². The summed E-state index contributed by atoms with van der Waals surface area (Å²) in [5, 5.41) is 3.24. The Labute approximate surface area is 116 Å². The molecule has 0 unspecified atom stereocenters. The van der Waals surface area contributed by atoms with E-state index in [0.717, 1.165) is 25.9 Å². The molecule has 110 valence electrons. The summed E-state index contributed by atoms with van der Waals surface area (Å²) >= 11 is 0. The third-order valence-corrected chi connectivity index (χ3v) is 4.25. The predicted molar refractivity (Wildman–Crippen MR) is 75.2 cm³/mol. The van der Waals surface area contributed by atoms with Gasteiger partial charge in [-0.3, -0.25) is 4.79 Å². The smallest absolute Gasteiger partial charge is 0.275 e. The summed E-state index contributed by atoms with van der Waals surface area (Å²) in [6, 6.07) is 0.422. The van der Waals surface area contributed by atoms with Crippen molar-refractivity contribution in [3.05, 3.63) is 0 Å². The van der Waals surface area contributed by atoms with Crippen molar-refractivity contribution >= 4 is 5.91 Å². The van der Waals surface area contributed by atoms with Gasteiger partial charge in [0.05, 0.1) is 0 Å². The summed E-state index contributed by atoms with van der Waals surface area (Å²) in [6.45, 7) is 6.69. The lowest BCUT2D eigenvalue weighted by Gasteiger charge is -2.32. The molecule has 1 heterocycles. The van der Waals surface area contributed by atoms with Gasteiger partial charge < -0.3 is 15.0 Å². The second-order valence-electron chi connectivity index (χ2n) is 6.35. The third kappa shape index (κ3) is 5.11. The summed E-state index contributed by atoms with van der Waals surface area (Å²) in [5.74, 6) is 0.225. The van der Waals surface area contributed by atoms with Gasteiger partial charge in [0, 0.05) is 6.04 Å². The Balaban J connectivity index is 1.73. The van der Waals surface area contributed by atoms with E-state index in [-0.39, 0.29) is 18.1 Å². The van der Waals surface area contributed by atoms with E-state index in [1.807, 2.05) is 0 Å². The lowest BCUT2D eigenvalue weighted by Crippen LogP contribution is -3.16. The molecule has 0 bridgehead atoms. The van der Waals surface area contributed by atoms with E-state index < -0.39 is 0 Å². The largest absolute Gasteiger partial charge is 0.364 e. The van der Waals surface area contributed by atoms with E-state index in [4.69, 9.17) is 4.74 Å². The quantitative estimate of drug-likeness (QED) is 0.734. The number of hydrogen-bond donors (Lipinski definition) is 2. The van der Waals surface area contributed by atoms with E-state index in [9.17, 15) is 4.79 Å². The van der Waals surface area contributed by atoms with E-state index in [2.05, 4.69) is 19.2 Å². The summed E-state index contributed by atoms with van der Waals surface area (Å²) in [7, 11) is 0. The highest BCUT2D eigenvalue weighted by molar-refractivity contribution is 5.77. The molecule has 2 atom stereocenters. The lowest BCUT2D eigenvalue weighted by molar-refractivity contribution is -0.907. The summed E-state index contributed by atoms with van der Waals surface area (Å²) in [4.78, 5) is 13.5. The van der Waals surface area contributed by atoms with Gasteiger partial charge in [-0.05, 0) is 26.7 Å². The maximum Gasteiger partial charge on any atom is 0.275 e. The Morgan fingerprint density at radius 3 is 2.26 bits per heavy atom. The fourth-order valence-corrected chi connectivity index (χ4v) is 3.46. The van der Waals surface area contributed by atoms with Gasteiger partial charge in [-0.25, -0.2) is 0 Å². The van der Waals surface area contributed by atoms with Crippen molar-refractivity contribution in [2.45, 2.75) is 70.6 Å². The molecule has 1 saturated heterocycles. The highest BCUT2D eigenvalue weighted by Gasteiger charge is 2.27. The molecule has 4 heteroatoms. The van der Waals surface area contributed by atoms with Crippen molar-refractivity contribution in [3.63, 3.8) is 0 Å². The third-order valence-electron chi connectivity index (χ3n) is 4.25. The molecule has 1 aliphatic carbocycles. The van der Waals surface area contributed by atoms with Gasteiger partial charge >= 0.3 is 0 Å². The molecule has 1 aliphatic heterocycles. The topological polar surface area (TPSA) is 42.8 Å². The summed E-state index contributed by atoms with van der Waals surface area (Å²) in [5.41, 5.74) is 0. The SMILES string of the molecule is C[C@@H]1C[NH+](CC(=O)NC2CCCCCC2)C[C@@H](C)O1. The molecule has 0 aromatic rings. The number of morpholine rings is 1. The van der Waals surface area contributed by atoms with Crippen LogP contribution in [0.25, 0.3) is 0 Å². The molecule has 1 saturated carbocycles. The standard InChI is InChI=1S/C15H28N2O2/c1-12-9-17(10-13(2)19-12)11-15(18)16-14-7-5-3-4-6-8-14/h12-14H,3-11H2,1-2H3,(H,16,18)/p+1/t12-,13-/m1/s1. The average Bonchev–Trinajstić information content (AvgIpc) is 2.55. The molecule has 0 radical (unpaired) electrons. The monoisotopic (exact) mass is 269 g/mol. The Morgan fingerprint density at radius 1 is 1.11 bits per heavy atom. The number of quaternary nitrogens is 1. The molecule has 4 nitrogen and oxygen atoms in total. The van der Waals surface area contributed by atoms with Crippen LogP contribution in [0.15, 0.2) is 0 Å². The Bertz CT molecular complexity index is 278. The van der Waals surface area contributed by atoms with Gasteiger partial charge in [0.15, 0.2) is 6.54 Å². The fraction of sp³-hybridized carbons (Fsp3) is 0.933. The minimum absolute atomic E-state index is 0.225. The van der Waals surface area contributed by atoms with Crippen molar-refractivity contribution < 1.29 is 14.4 Å². The molecule has 2 N–H and O–H groups in total. The molecular formula is C15H29N2O2+. The maximum atomic E-state index is 12.1. The van der Waals surface area contributed by atoms with Gasteiger partial charge in [0.2, 0.25) is 0 Å². The van der Waals surface area contributed by atoms with E-state index >= 15 is 0 Å². The van der Waals surface area contributed by atoms with Gasteiger partial charge in [-0.15, -0.1) is 0 Å². The molecule has 2 fully saturated rings. The number of nitrogens with one attached hydrogen (secondary N) is 2. The first-order valence-electron chi connectivity index (χ1n) is 7.92. The zero-order chi connectivity index (χ0) is 13.7. The molecule has 2 aliphatic rings. The van der Waals surface area contributed by atoms with Gasteiger partial charge in [0.25, 0.3) is 5.91 Å². The van der Waals surface area contributed by atoms with Crippen molar-refractivity contribution in [2.24, 2.45) is 0 Å². The Hall–Kier alpha value is -0.610. The number of amides is 1. The van der Waals surface area contributed by atoms with Crippen molar-refractivity contribution in [1.29, 1.82) is 0 Å². The van der Waals surface area contributed by atoms with Crippen LogP contribution < -0.4 is 10.2 Å². The molecule has 0 aromatic heterocycles. The average molecular weight is 269 g/mol. The van der Waals surface area contributed by atoms with Crippen LogP contribution >= 0.6 is 0 Å². The lowest BCUT2D eigenvalue weighted by atomic mass is 10.1. The van der Waals surface area contributed by atoms with Crippen molar-refractivity contribution in [3.8, 4) is 0 Å². The molecule has 0 spiro atoms. The highest BCUT2D eigenvalue weighted by atomic mass is 16.5. The first kappa shape index (κ1) is 14.8. The Morgan fingerprint density at radius 2 is 1.68 bits per heavy atom. The van der Waals surface area contributed by atoms with E-state index in [1.54, 1.807) is 0 Å². The summed E-state index contributed by atoms with van der Waals surface area (Å²) < 4.78 is 5.71. The molecule has 1 amide bonds. The van der Waals surface area contributed by atoms with Crippen LogP contribution in [-0.2, 0) is 9.53 Å².